The van der Waals surface area contributed by atoms with Gasteiger partial charge in [0.2, 0.25) is 0 Å². The first-order chi connectivity index (χ1) is 52.2. The van der Waals surface area contributed by atoms with Gasteiger partial charge < -0.3 is 34.2 Å². The van der Waals surface area contributed by atoms with Crippen LogP contribution in [0.5, 0.6) is 0 Å². The van der Waals surface area contributed by atoms with Gasteiger partial charge in [-0.1, -0.05) is 335 Å². The summed E-state index contributed by atoms with van der Waals surface area (Å²) in [7, 11) is -9.80. The van der Waals surface area contributed by atoms with Gasteiger partial charge in [0, 0.05) is 19.3 Å². The molecule has 0 amide bonds. The Kier molecular flexibility index (Phi) is 78.4. The van der Waals surface area contributed by atoms with Crippen molar-refractivity contribution in [3.63, 3.8) is 0 Å². The fraction of sp³-hybridized carbons (Fsp3) is 0.742. The lowest BCUT2D eigenvalue weighted by Crippen LogP contribution is -2.30. The van der Waals surface area contributed by atoms with Crippen molar-refractivity contribution in [1.29, 1.82) is 0 Å². The number of hydrogen-bond donors (Lipinski definition) is 4. The van der Waals surface area contributed by atoms with Crippen LogP contribution in [0.25, 0.3) is 0 Å². The summed E-state index contributed by atoms with van der Waals surface area (Å²) in [4.78, 5) is 58.7. The van der Waals surface area contributed by atoms with Gasteiger partial charge in [-0.05, 0) is 135 Å². The van der Waals surface area contributed by atoms with E-state index < -0.39 is 91.5 Å². The average Bonchev–Trinajstić information content (AvgIpc) is 0.929. The number of esters is 3. The molecule has 0 bridgehead atoms. The fourth-order valence-corrected chi connectivity index (χ4v) is 13.2. The van der Waals surface area contributed by atoms with E-state index in [2.05, 4.69) is 142 Å². The minimum atomic E-state index is -4.94. The molecule has 0 fully saturated rings. The number of phosphoric acid groups is 2. The molecule has 0 aromatic carbocycles. The van der Waals surface area contributed by atoms with Crippen LogP contribution in [0.15, 0.2) is 122 Å². The smallest absolute Gasteiger partial charge is 0.463 e. The van der Waals surface area contributed by atoms with E-state index >= 15 is 0 Å². The van der Waals surface area contributed by atoms with Gasteiger partial charge >= 0.3 is 33.6 Å². The van der Waals surface area contributed by atoms with Crippen molar-refractivity contribution >= 4 is 33.6 Å². The van der Waals surface area contributed by atoms with Crippen molar-refractivity contribution in [2.24, 2.45) is 0 Å². The van der Waals surface area contributed by atoms with Crippen molar-refractivity contribution < 1.29 is 75.8 Å². The second-order valence-corrected chi connectivity index (χ2v) is 31.5. The SMILES string of the molecule is CCC/C=C\C/C=C\CCCCCCCC(=O)OC(COC(=O)CCCCCCCCCCCCCCC/C=C\C/C=C\C/C=C\C/C=C\CCCCC)COP(=O)(O)OCC(O)COP(=O)(O)OCC(O)COC(=O)CCCCCCCCCCCCCCC/C=C\C/C=C\C/C=C\C/C=C\CCCCC. The Labute approximate surface area is 653 Å². The van der Waals surface area contributed by atoms with Gasteiger partial charge in [0.15, 0.2) is 6.10 Å². The summed E-state index contributed by atoms with van der Waals surface area (Å²) in [6.45, 7) is 2.58. The number of carbonyl (C=O) groups excluding carboxylic acids is 3. The molecule has 5 atom stereocenters. The Morgan fingerprint density at radius 3 is 0.776 bits per heavy atom. The zero-order valence-electron chi connectivity index (χ0n) is 67.8. The van der Waals surface area contributed by atoms with Crippen LogP contribution in [-0.2, 0) is 55.8 Å². The normalized spacial score (nSPS) is 14.5. The summed E-state index contributed by atoms with van der Waals surface area (Å²) in [6, 6.07) is 0. The molecule has 0 aromatic heterocycles. The molecule has 618 valence electrons. The highest BCUT2D eigenvalue weighted by molar-refractivity contribution is 7.47. The Morgan fingerprint density at radius 2 is 0.486 bits per heavy atom. The molecule has 0 heterocycles. The van der Waals surface area contributed by atoms with Gasteiger partial charge in [-0.25, -0.2) is 9.13 Å². The lowest BCUT2D eigenvalue weighted by molar-refractivity contribution is -0.161. The fourth-order valence-electron chi connectivity index (χ4n) is 11.6. The predicted octanol–water partition coefficient (Wildman–Crippen LogP) is 25.7. The number of unbranched alkanes of at least 4 members (excludes halogenated alkanes) is 38. The van der Waals surface area contributed by atoms with Gasteiger partial charge in [-0.15, -0.1) is 0 Å². The Balaban J connectivity index is 4.46. The number of rotatable bonds is 81. The number of hydrogen-bond acceptors (Lipinski definition) is 14. The highest BCUT2D eigenvalue weighted by atomic mass is 31.2. The van der Waals surface area contributed by atoms with Crippen molar-refractivity contribution in [1.82, 2.24) is 0 Å². The highest BCUT2D eigenvalue weighted by Crippen LogP contribution is 2.45. The van der Waals surface area contributed by atoms with Crippen LogP contribution < -0.4 is 0 Å². The molecule has 0 saturated heterocycles. The van der Waals surface area contributed by atoms with Crippen LogP contribution in [0.3, 0.4) is 0 Å². The first kappa shape index (κ1) is 103. The van der Waals surface area contributed by atoms with E-state index in [4.69, 9.17) is 32.3 Å². The minimum Gasteiger partial charge on any atom is -0.463 e. The van der Waals surface area contributed by atoms with Gasteiger partial charge in [0.25, 0.3) is 0 Å². The zero-order valence-corrected chi connectivity index (χ0v) is 69.6. The average molecular weight is 1540 g/mol. The standard InChI is InChI=1S/C89H156O16P2/c1-4-7-10-13-16-19-22-25-27-29-31-33-35-37-39-41-43-45-47-49-51-53-55-58-60-63-66-69-72-75-87(92)99-78-84(90)79-101-106(95,96)102-80-85(91)81-103-107(97,98)104-83-86(105-89(94)77-74-71-68-65-62-57-24-21-18-15-12-9-6-3)82-100-88(93)76-73-70-67-64-61-59-56-54-52-50-48-46-44-42-40-38-36-34-32-30-28-26-23-20-17-14-11-8-5-2/h12,15-17,19-21,24-28,31-34,37-40,84-86,90-91H,4-11,13-14,18,22-23,29-30,35-36,41-83H2,1-3H3,(H,95,96)(H,97,98)/b15-12-,19-16-,20-17-,24-21-,27-25-,28-26-,33-31-,34-32-,39-37-,40-38-. The molecular weight excluding hydrogens is 1390 g/mol. The summed E-state index contributed by atoms with van der Waals surface area (Å²) in [6.07, 6.45) is 98.3. The number of aliphatic hydroxyl groups is 2. The molecule has 5 unspecified atom stereocenters. The lowest BCUT2D eigenvalue weighted by atomic mass is 10.0. The van der Waals surface area contributed by atoms with Crippen LogP contribution in [0.4, 0.5) is 0 Å². The van der Waals surface area contributed by atoms with Crippen molar-refractivity contribution in [3.05, 3.63) is 122 Å². The van der Waals surface area contributed by atoms with E-state index in [1.807, 2.05) is 0 Å². The Morgan fingerprint density at radius 1 is 0.262 bits per heavy atom. The maximum atomic E-state index is 13.0. The second-order valence-electron chi connectivity index (χ2n) is 28.6. The van der Waals surface area contributed by atoms with E-state index in [9.17, 15) is 43.5 Å². The van der Waals surface area contributed by atoms with Gasteiger partial charge in [0.1, 0.15) is 25.4 Å². The highest BCUT2D eigenvalue weighted by Gasteiger charge is 2.29. The molecule has 0 aliphatic carbocycles. The first-order valence-electron chi connectivity index (χ1n) is 42.8. The number of allylic oxidation sites excluding steroid dienone is 20. The number of phosphoric ester groups is 2. The monoisotopic (exact) mass is 1540 g/mol. The van der Waals surface area contributed by atoms with Gasteiger partial charge in [0.05, 0.1) is 26.4 Å². The summed E-state index contributed by atoms with van der Waals surface area (Å²) in [5.74, 6) is -1.58. The number of ether oxygens (including phenoxy) is 3. The van der Waals surface area contributed by atoms with E-state index in [0.29, 0.717) is 19.3 Å². The lowest BCUT2D eigenvalue weighted by Gasteiger charge is -2.21. The summed E-state index contributed by atoms with van der Waals surface area (Å²) >= 11 is 0. The van der Waals surface area contributed by atoms with Gasteiger partial charge in [-0.3, -0.25) is 32.5 Å². The second kappa shape index (κ2) is 81.4. The summed E-state index contributed by atoms with van der Waals surface area (Å²) in [5, 5.41) is 20.7. The third-order valence-corrected chi connectivity index (χ3v) is 20.0. The largest absolute Gasteiger partial charge is 0.472 e. The zero-order chi connectivity index (χ0) is 78.0. The molecule has 0 aliphatic heterocycles. The third kappa shape index (κ3) is 82.7. The van der Waals surface area contributed by atoms with E-state index in [-0.39, 0.29) is 19.3 Å². The Hall–Kier alpha value is -4.05. The van der Waals surface area contributed by atoms with Crippen LogP contribution in [0, 0.1) is 0 Å². The van der Waals surface area contributed by atoms with Gasteiger partial charge in [-0.2, -0.15) is 0 Å². The number of aliphatic hydroxyl groups excluding tert-OH is 2. The first-order valence-corrected chi connectivity index (χ1v) is 45.8. The molecule has 0 aromatic rings. The quantitative estimate of drug-likeness (QED) is 0.0146. The predicted molar refractivity (Wildman–Crippen MR) is 445 cm³/mol. The summed E-state index contributed by atoms with van der Waals surface area (Å²) in [5.41, 5.74) is 0. The molecule has 16 nitrogen and oxygen atoms in total. The van der Waals surface area contributed by atoms with E-state index in [1.165, 1.54) is 161 Å². The molecular formula is C89H156O16P2. The number of carbonyl (C=O) groups is 3. The maximum Gasteiger partial charge on any atom is 0.472 e. The van der Waals surface area contributed by atoms with E-state index in [1.54, 1.807) is 0 Å². The molecule has 18 heteroatoms. The topological polar surface area (TPSA) is 231 Å². The van der Waals surface area contributed by atoms with Crippen LogP contribution in [-0.4, -0.2) is 95.9 Å². The van der Waals surface area contributed by atoms with Crippen molar-refractivity contribution in [2.75, 3.05) is 39.6 Å². The minimum absolute atomic E-state index is 0.0876. The van der Waals surface area contributed by atoms with Crippen LogP contribution in [0.2, 0.25) is 0 Å². The maximum absolute atomic E-state index is 13.0. The molecule has 0 radical (unpaired) electrons. The molecule has 4 N–H and O–H groups in total. The molecule has 0 aliphatic rings. The van der Waals surface area contributed by atoms with Crippen molar-refractivity contribution in [3.8, 4) is 0 Å². The van der Waals surface area contributed by atoms with E-state index in [0.717, 1.165) is 148 Å². The molecule has 0 saturated carbocycles. The Bertz CT molecular complexity index is 2430. The molecule has 107 heavy (non-hydrogen) atoms. The third-order valence-electron chi connectivity index (χ3n) is 18.1. The molecule has 0 rings (SSSR count). The van der Waals surface area contributed by atoms with Crippen molar-refractivity contribution in [2.45, 2.75) is 386 Å². The van der Waals surface area contributed by atoms with Crippen LogP contribution in [0.1, 0.15) is 367 Å². The summed E-state index contributed by atoms with van der Waals surface area (Å²) < 4.78 is 61.2. The van der Waals surface area contributed by atoms with Crippen LogP contribution >= 0.6 is 15.6 Å². The molecule has 0 spiro atoms.